The van der Waals surface area contributed by atoms with Crippen molar-refractivity contribution in [2.45, 2.75) is 52.0 Å². The molecule has 0 saturated carbocycles. The molecular weight excluding hydrogens is 360 g/mol. The molecule has 1 aromatic carbocycles. The van der Waals surface area contributed by atoms with E-state index in [4.69, 9.17) is 11.6 Å². The summed E-state index contributed by atoms with van der Waals surface area (Å²) in [7, 11) is 0. The topological polar surface area (TPSA) is 58.1 Å². The zero-order valence-electron chi connectivity index (χ0n) is 16.0. The first kappa shape index (κ1) is 19.6. The molecule has 5 nitrogen and oxygen atoms in total. The highest BCUT2D eigenvalue weighted by atomic mass is 35.5. The number of carbonyl (C=O) groups is 1. The number of hydrogen-bond acceptors (Lipinski definition) is 4. The Labute approximate surface area is 166 Å². The third-order valence-electron chi connectivity index (χ3n) is 5.06. The number of nitrogens with zero attached hydrogens (tertiary/aromatic N) is 3. The van der Waals surface area contributed by atoms with Gasteiger partial charge in [-0.15, -0.1) is 0 Å². The quantitative estimate of drug-likeness (QED) is 0.809. The molecule has 0 radical (unpaired) electrons. The number of hydrogen-bond donors (Lipinski definition) is 1. The Morgan fingerprint density at radius 1 is 1.26 bits per heavy atom. The number of piperidine rings is 1. The van der Waals surface area contributed by atoms with Crippen LogP contribution in [0.25, 0.3) is 0 Å². The van der Waals surface area contributed by atoms with E-state index >= 15 is 0 Å². The minimum atomic E-state index is -0.152. The molecule has 1 unspecified atom stereocenters. The number of amides is 1. The summed E-state index contributed by atoms with van der Waals surface area (Å²) in [6.07, 6.45) is 5.46. The van der Waals surface area contributed by atoms with Crippen LogP contribution in [0.5, 0.6) is 0 Å². The van der Waals surface area contributed by atoms with Crippen molar-refractivity contribution in [1.29, 1.82) is 0 Å². The largest absolute Gasteiger partial charge is 0.354 e. The standard InChI is InChI=1S/C21H27ClN4O/c1-3-18-6-4-5-13-26(18)20-14-19(24-15(2)25-20)21(27)23-12-11-16-7-9-17(22)10-8-16/h7-10,14,18H,3-6,11-13H2,1-2H3,(H,23,27). The number of rotatable bonds is 6. The second-order valence-electron chi connectivity index (χ2n) is 7.04. The number of halogens is 1. The molecular formula is C21H27ClN4O. The Morgan fingerprint density at radius 3 is 2.78 bits per heavy atom. The second kappa shape index (κ2) is 9.18. The van der Waals surface area contributed by atoms with Crippen molar-refractivity contribution in [1.82, 2.24) is 15.3 Å². The van der Waals surface area contributed by atoms with Crippen LogP contribution in [0.15, 0.2) is 30.3 Å². The van der Waals surface area contributed by atoms with Gasteiger partial charge in [0.05, 0.1) is 0 Å². The van der Waals surface area contributed by atoms with Crippen molar-refractivity contribution >= 4 is 23.3 Å². The first-order valence-electron chi connectivity index (χ1n) is 9.71. The van der Waals surface area contributed by atoms with Crippen LogP contribution in [-0.2, 0) is 6.42 Å². The highest BCUT2D eigenvalue weighted by Gasteiger charge is 2.23. The zero-order valence-corrected chi connectivity index (χ0v) is 16.8. The number of aromatic nitrogens is 2. The van der Waals surface area contributed by atoms with Gasteiger partial charge in [0.1, 0.15) is 17.3 Å². The Kier molecular flexibility index (Phi) is 6.67. The van der Waals surface area contributed by atoms with Gasteiger partial charge in [0.25, 0.3) is 5.91 Å². The molecule has 144 valence electrons. The predicted octanol–water partition coefficient (Wildman–Crippen LogP) is 4.18. The first-order chi connectivity index (χ1) is 13.1. The minimum Gasteiger partial charge on any atom is -0.354 e. The summed E-state index contributed by atoms with van der Waals surface area (Å²) in [5, 5.41) is 3.68. The fourth-order valence-electron chi connectivity index (χ4n) is 3.60. The average molecular weight is 387 g/mol. The van der Waals surface area contributed by atoms with Gasteiger partial charge in [0.15, 0.2) is 0 Å². The van der Waals surface area contributed by atoms with E-state index in [0.29, 0.717) is 24.1 Å². The van der Waals surface area contributed by atoms with Crippen LogP contribution in [0.4, 0.5) is 5.82 Å². The smallest absolute Gasteiger partial charge is 0.270 e. The van der Waals surface area contributed by atoms with Crippen LogP contribution < -0.4 is 10.2 Å². The molecule has 0 spiro atoms. The van der Waals surface area contributed by atoms with Crippen molar-refractivity contribution in [2.24, 2.45) is 0 Å². The van der Waals surface area contributed by atoms with Gasteiger partial charge in [-0.3, -0.25) is 4.79 Å². The Morgan fingerprint density at radius 2 is 2.04 bits per heavy atom. The van der Waals surface area contributed by atoms with Crippen molar-refractivity contribution < 1.29 is 4.79 Å². The van der Waals surface area contributed by atoms with Crippen molar-refractivity contribution in [3.63, 3.8) is 0 Å². The van der Waals surface area contributed by atoms with Crippen LogP contribution in [0, 0.1) is 6.92 Å². The number of aryl methyl sites for hydroxylation is 1. The van der Waals surface area contributed by atoms with Gasteiger partial charge in [-0.1, -0.05) is 30.7 Å². The first-order valence-corrected chi connectivity index (χ1v) is 10.1. The summed E-state index contributed by atoms with van der Waals surface area (Å²) in [5.74, 6) is 1.36. The SMILES string of the molecule is CCC1CCCCN1c1cc(C(=O)NCCc2ccc(Cl)cc2)nc(C)n1. The molecule has 6 heteroatoms. The van der Waals surface area contributed by atoms with Gasteiger partial charge in [0.2, 0.25) is 0 Å². The molecule has 1 fully saturated rings. The molecule has 1 atom stereocenters. The van der Waals surface area contributed by atoms with E-state index in [1.807, 2.05) is 37.3 Å². The Balaban J connectivity index is 1.65. The average Bonchev–Trinajstić information content (AvgIpc) is 2.69. The van der Waals surface area contributed by atoms with Gasteiger partial charge in [-0.2, -0.15) is 0 Å². The summed E-state index contributed by atoms with van der Waals surface area (Å²) < 4.78 is 0. The van der Waals surface area contributed by atoms with Gasteiger partial charge in [-0.05, 0) is 56.7 Å². The van der Waals surface area contributed by atoms with Crippen LogP contribution in [0.3, 0.4) is 0 Å². The fourth-order valence-corrected chi connectivity index (χ4v) is 3.73. The molecule has 0 aliphatic carbocycles. The molecule has 3 rings (SSSR count). The highest BCUT2D eigenvalue weighted by molar-refractivity contribution is 6.30. The van der Waals surface area contributed by atoms with E-state index in [1.165, 1.54) is 19.3 Å². The Hall–Kier alpha value is -2.14. The Bertz CT molecular complexity index is 778. The van der Waals surface area contributed by atoms with Crippen LogP contribution in [-0.4, -0.2) is 35.0 Å². The minimum absolute atomic E-state index is 0.152. The summed E-state index contributed by atoms with van der Waals surface area (Å²) in [5.41, 5.74) is 1.58. The van der Waals surface area contributed by atoms with E-state index < -0.39 is 0 Å². The number of anilines is 1. The van der Waals surface area contributed by atoms with Crippen molar-refractivity contribution in [3.05, 3.63) is 52.4 Å². The zero-order chi connectivity index (χ0) is 19.2. The van der Waals surface area contributed by atoms with E-state index in [1.54, 1.807) is 0 Å². The predicted molar refractivity (Wildman–Crippen MR) is 110 cm³/mol. The number of carbonyl (C=O) groups excluding carboxylic acids is 1. The molecule has 1 aliphatic rings. The van der Waals surface area contributed by atoms with Crippen molar-refractivity contribution in [2.75, 3.05) is 18.0 Å². The maximum atomic E-state index is 12.6. The third kappa shape index (κ3) is 5.19. The molecule has 1 N–H and O–H groups in total. The van der Waals surface area contributed by atoms with Gasteiger partial charge in [-0.25, -0.2) is 9.97 Å². The van der Waals surface area contributed by atoms with E-state index in [-0.39, 0.29) is 5.91 Å². The maximum Gasteiger partial charge on any atom is 0.270 e. The molecule has 2 heterocycles. The molecule has 1 aliphatic heterocycles. The molecule has 2 aromatic rings. The monoisotopic (exact) mass is 386 g/mol. The molecule has 1 saturated heterocycles. The van der Waals surface area contributed by atoms with Crippen LogP contribution >= 0.6 is 11.6 Å². The van der Waals surface area contributed by atoms with Crippen LogP contribution in [0.1, 0.15) is 54.5 Å². The second-order valence-corrected chi connectivity index (χ2v) is 7.48. The fraction of sp³-hybridized carbons (Fsp3) is 0.476. The van der Waals surface area contributed by atoms with Gasteiger partial charge >= 0.3 is 0 Å². The summed E-state index contributed by atoms with van der Waals surface area (Å²) >= 11 is 5.90. The number of benzene rings is 1. The van der Waals surface area contributed by atoms with Crippen LogP contribution in [0.2, 0.25) is 5.02 Å². The maximum absolute atomic E-state index is 12.6. The normalized spacial score (nSPS) is 17.0. The lowest BCUT2D eigenvalue weighted by Gasteiger charge is -2.36. The van der Waals surface area contributed by atoms with Gasteiger partial charge < -0.3 is 10.2 Å². The van der Waals surface area contributed by atoms with E-state index in [9.17, 15) is 4.79 Å². The molecule has 27 heavy (non-hydrogen) atoms. The lowest BCUT2D eigenvalue weighted by atomic mass is 10.00. The summed E-state index contributed by atoms with van der Waals surface area (Å²) in [4.78, 5) is 23.9. The van der Waals surface area contributed by atoms with E-state index in [2.05, 4.69) is 27.1 Å². The molecule has 1 amide bonds. The lowest BCUT2D eigenvalue weighted by molar-refractivity contribution is 0.0948. The van der Waals surface area contributed by atoms with E-state index in [0.717, 1.165) is 35.8 Å². The van der Waals surface area contributed by atoms with Crippen molar-refractivity contribution in [3.8, 4) is 0 Å². The molecule has 1 aromatic heterocycles. The van der Waals surface area contributed by atoms with Gasteiger partial charge in [0, 0.05) is 30.2 Å². The summed E-state index contributed by atoms with van der Waals surface area (Å²) in [6.45, 7) is 5.60. The highest BCUT2D eigenvalue weighted by Crippen LogP contribution is 2.25. The number of nitrogens with one attached hydrogen (secondary N) is 1. The lowest BCUT2D eigenvalue weighted by Crippen LogP contribution is -2.40. The third-order valence-corrected chi connectivity index (χ3v) is 5.31. The molecule has 0 bridgehead atoms. The summed E-state index contributed by atoms with van der Waals surface area (Å²) in [6, 6.07) is 10.0.